The van der Waals surface area contributed by atoms with E-state index >= 15 is 0 Å². The fourth-order valence-corrected chi connectivity index (χ4v) is 2.83. The van der Waals surface area contributed by atoms with E-state index in [0.29, 0.717) is 34.1 Å². The van der Waals surface area contributed by atoms with Crippen LogP contribution in [-0.4, -0.2) is 37.9 Å². The number of rotatable bonds is 7. The van der Waals surface area contributed by atoms with Gasteiger partial charge in [0.05, 0.1) is 25.9 Å². The van der Waals surface area contributed by atoms with E-state index in [4.69, 9.17) is 23.4 Å². The molecule has 1 atom stereocenters. The van der Waals surface area contributed by atoms with E-state index in [0.717, 1.165) is 10.8 Å². The smallest absolute Gasteiger partial charge is 0.303 e. The van der Waals surface area contributed by atoms with Gasteiger partial charge < -0.3 is 23.4 Å². The van der Waals surface area contributed by atoms with E-state index < -0.39 is 12.1 Å². The highest BCUT2D eigenvalue weighted by Crippen LogP contribution is 2.41. The molecule has 0 N–H and O–H groups in total. The molecule has 2 aromatic heterocycles. The molecule has 7 nitrogen and oxygen atoms in total. The number of hydrogen-bond acceptors (Lipinski definition) is 7. The second-order valence-electron chi connectivity index (χ2n) is 6.03. The van der Waals surface area contributed by atoms with Crippen molar-refractivity contribution in [3.8, 4) is 17.2 Å². The number of aromatic nitrogens is 1. The normalized spacial score (nSPS) is 12.0. The lowest BCUT2D eigenvalue weighted by atomic mass is 10.1. The number of furan rings is 1. The third-order valence-electron chi connectivity index (χ3n) is 4.10. The molecule has 3 aromatic rings. The molecule has 27 heavy (non-hydrogen) atoms. The van der Waals surface area contributed by atoms with E-state index in [1.54, 1.807) is 32.4 Å². The molecule has 0 spiro atoms. The number of carbonyl (C=O) groups excluding carboxylic acids is 1. The Balaban J connectivity index is 2.02. The van der Waals surface area contributed by atoms with Crippen molar-refractivity contribution in [1.29, 1.82) is 0 Å². The molecule has 0 bridgehead atoms. The summed E-state index contributed by atoms with van der Waals surface area (Å²) in [5.74, 6) is 1.15. The highest BCUT2D eigenvalue weighted by Gasteiger charge is 2.20. The molecule has 0 saturated heterocycles. The van der Waals surface area contributed by atoms with Crippen LogP contribution in [0.15, 0.2) is 41.0 Å². The number of esters is 1. The molecule has 2 heterocycles. The van der Waals surface area contributed by atoms with Crippen LogP contribution in [0.3, 0.4) is 0 Å². The standard InChI is InChI=1S/C20H21NO6/c1-11(2)16(27-12(3)22)10-26-15-7-6-13-17(19(15)24-5)21-20-14(8-9-25-20)18(13)23-4/h6-9,16H,1,10H2,2-5H3. The minimum absolute atomic E-state index is 0.108. The van der Waals surface area contributed by atoms with Gasteiger partial charge >= 0.3 is 5.97 Å². The van der Waals surface area contributed by atoms with Gasteiger partial charge in [0.25, 0.3) is 0 Å². The molecule has 0 aliphatic rings. The Bertz CT molecular complexity index is 1010. The maximum Gasteiger partial charge on any atom is 0.303 e. The number of carbonyl (C=O) groups is 1. The average Bonchev–Trinajstić information content (AvgIpc) is 3.10. The van der Waals surface area contributed by atoms with Gasteiger partial charge in [-0.3, -0.25) is 4.79 Å². The van der Waals surface area contributed by atoms with Crippen molar-refractivity contribution in [2.24, 2.45) is 0 Å². The summed E-state index contributed by atoms with van der Waals surface area (Å²) >= 11 is 0. The zero-order valence-corrected chi connectivity index (χ0v) is 15.7. The lowest BCUT2D eigenvalue weighted by Crippen LogP contribution is -2.25. The molecule has 0 radical (unpaired) electrons. The van der Waals surface area contributed by atoms with Gasteiger partial charge in [0.1, 0.15) is 17.9 Å². The van der Waals surface area contributed by atoms with Gasteiger partial charge in [-0.1, -0.05) is 6.58 Å². The first-order chi connectivity index (χ1) is 13.0. The van der Waals surface area contributed by atoms with Gasteiger partial charge in [-0.25, -0.2) is 4.98 Å². The Morgan fingerprint density at radius 2 is 1.89 bits per heavy atom. The molecule has 1 unspecified atom stereocenters. The second-order valence-corrected chi connectivity index (χ2v) is 6.03. The third kappa shape index (κ3) is 3.53. The molecule has 0 aliphatic carbocycles. The van der Waals surface area contributed by atoms with Crippen molar-refractivity contribution < 1.29 is 28.2 Å². The van der Waals surface area contributed by atoms with Crippen LogP contribution in [0.1, 0.15) is 13.8 Å². The fraction of sp³-hybridized carbons (Fsp3) is 0.300. The summed E-state index contributed by atoms with van der Waals surface area (Å²) in [6.07, 6.45) is 0.998. The number of fused-ring (bicyclic) bond motifs is 2. The van der Waals surface area contributed by atoms with Gasteiger partial charge in [0.15, 0.2) is 17.6 Å². The summed E-state index contributed by atoms with van der Waals surface area (Å²) in [7, 11) is 3.12. The molecular formula is C20H21NO6. The van der Waals surface area contributed by atoms with E-state index in [1.165, 1.54) is 14.0 Å². The first kappa shape index (κ1) is 18.6. The van der Waals surface area contributed by atoms with Crippen LogP contribution in [-0.2, 0) is 9.53 Å². The lowest BCUT2D eigenvalue weighted by molar-refractivity contribution is -0.145. The van der Waals surface area contributed by atoms with Crippen LogP contribution in [0.25, 0.3) is 22.0 Å². The zero-order chi connectivity index (χ0) is 19.6. The highest BCUT2D eigenvalue weighted by atomic mass is 16.6. The van der Waals surface area contributed by atoms with Crippen LogP contribution >= 0.6 is 0 Å². The Labute approximate surface area is 156 Å². The summed E-state index contributed by atoms with van der Waals surface area (Å²) in [6, 6.07) is 5.40. The largest absolute Gasteiger partial charge is 0.495 e. The Morgan fingerprint density at radius 1 is 1.15 bits per heavy atom. The van der Waals surface area contributed by atoms with Gasteiger partial charge in [-0.2, -0.15) is 0 Å². The number of ether oxygens (including phenoxy) is 4. The average molecular weight is 371 g/mol. The third-order valence-corrected chi connectivity index (χ3v) is 4.10. The molecule has 0 fully saturated rings. The summed E-state index contributed by atoms with van der Waals surface area (Å²) < 4.78 is 27.6. The summed E-state index contributed by atoms with van der Waals surface area (Å²) in [5.41, 5.74) is 1.67. The Hall–Kier alpha value is -3.22. The highest BCUT2D eigenvalue weighted by molar-refractivity contribution is 6.02. The summed E-state index contributed by atoms with van der Waals surface area (Å²) in [4.78, 5) is 15.8. The first-order valence-corrected chi connectivity index (χ1v) is 8.33. The van der Waals surface area contributed by atoms with E-state index in [2.05, 4.69) is 11.6 Å². The van der Waals surface area contributed by atoms with Crippen LogP contribution in [0, 0.1) is 0 Å². The maximum atomic E-state index is 11.3. The SMILES string of the molecule is C=C(C)C(COc1ccc2c(OC)c3ccoc3nc2c1OC)OC(C)=O. The molecule has 7 heteroatoms. The van der Waals surface area contributed by atoms with Crippen molar-refractivity contribution in [3.63, 3.8) is 0 Å². The number of benzene rings is 1. The van der Waals surface area contributed by atoms with Crippen molar-refractivity contribution in [2.45, 2.75) is 20.0 Å². The first-order valence-electron chi connectivity index (χ1n) is 8.33. The van der Waals surface area contributed by atoms with Gasteiger partial charge in [-0.15, -0.1) is 0 Å². The van der Waals surface area contributed by atoms with Crippen LogP contribution < -0.4 is 14.2 Å². The molecule has 1 aromatic carbocycles. The quantitative estimate of drug-likeness (QED) is 0.460. The van der Waals surface area contributed by atoms with E-state index in [-0.39, 0.29) is 6.61 Å². The van der Waals surface area contributed by atoms with E-state index in [9.17, 15) is 4.79 Å². The minimum Gasteiger partial charge on any atom is -0.495 e. The zero-order valence-electron chi connectivity index (χ0n) is 15.7. The Kier molecular flexibility index (Phi) is 5.21. The molecular weight excluding hydrogens is 350 g/mol. The van der Waals surface area contributed by atoms with Gasteiger partial charge in [-0.05, 0) is 30.7 Å². The predicted octanol–water partition coefficient (Wildman–Crippen LogP) is 3.88. The fourth-order valence-electron chi connectivity index (χ4n) is 2.83. The van der Waals surface area contributed by atoms with Crippen molar-refractivity contribution in [1.82, 2.24) is 4.98 Å². The molecule has 0 aliphatic heterocycles. The maximum absolute atomic E-state index is 11.3. The summed E-state index contributed by atoms with van der Waals surface area (Å²) in [5, 5.41) is 1.55. The minimum atomic E-state index is -0.557. The topological polar surface area (TPSA) is 80.0 Å². The van der Waals surface area contributed by atoms with Gasteiger partial charge in [0, 0.05) is 12.3 Å². The van der Waals surface area contributed by atoms with Crippen molar-refractivity contribution in [3.05, 3.63) is 36.6 Å². The molecule has 142 valence electrons. The van der Waals surface area contributed by atoms with E-state index in [1.807, 2.05) is 6.07 Å². The van der Waals surface area contributed by atoms with Crippen molar-refractivity contribution in [2.75, 3.05) is 20.8 Å². The molecule has 0 saturated carbocycles. The number of pyridine rings is 1. The number of hydrogen-bond donors (Lipinski definition) is 0. The Morgan fingerprint density at radius 3 is 2.52 bits per heavy atom. The lowest BCUT2D eigenvalue weighted by Gasteiger charge is -2.19. The number of methoxy groups -OCH3 is 2. The second kappa shape index (κ2) is 7.57. The number of nitrogens with zero attached hydrogens (tertiary/aromatic N) is 1. The van der Waals surface area contributed by atoms with Crippen LogP contribution in [0.2, 0.25) is 0 Å². The van der Waals surface area contributed by atoms with Crippen LogP contribution in [0.4, 0.5) is 0 Å². The predicted molar refractivity (Wildman–Crippen MR) is 100 cm³/mol. The monoisotopic (exact) mass is 371 g/mol. The molecule has 3 rings (SSSR count). The van der Waals surface area contributed by atoms with Crippen LogP contribution in [0.5, 0.6) is 17.2 Å². The molecule has 0 amide bonds. The van der Waals surface area contributed by atoms with Crippen molar-refractivity contribution >= 4 is 28.0 Å². The summed E-state index contributed by atoms with van der Waals surface area (Å²) in [6.45, 7) is 7.06. The van der Waals surface area contributed by atoms with Gasteiger partial charge in [0.2, 0.25) is 5.71 Å².